The zero-order chi connectivity index (χ0) is 13.7. The fourth-order valence-corrected chi connectivity index (χ4v) is 2.27. The maximum absolute atomic E-state index is 11.6. The second-order valence-corrected chi connectivity index (χ2v) is 5.08. The number of nitrogens with zero attached hydrogens (tertiary/aromatic N) is 1. The van der Waals surface area contributed by atoms with Crippen molar-refractivity contribution in [3.8, 4) is 11.3 Å². The van der Waals surface area contributed by atoms with Gasteiger partial charge in [-0.2, -0.15) is 0 Å². The van der Waals surface area contributed by atoms with Crippen LogP contribution in [-0.2, 0) is 9.53 Å². The molecule has 19 heavy (non-hydrogen) atoms. The number of benzene rings is 1. The predicted molar refractivity (Wildman–Crippen MR) is 77.4 cm³/mol. The van der Waals surface area contributed by atoms with Crippen molar-refractivity contribution >= 4 is 22.9 Å². The molecule has 0 radical (unpaired) electrons. The third kappa shape index (κ3) is 3.87. The molecule has 0 saturated heterocycles. The fraction of sp³-hybridized carbons (Fsp3) is 0.286. The number of thiazole rings is 1. The molecule has 1 aromatic heterocycles. The van der Waals surface area contributed by atoms with Gasteiger partial charge in [-0.25, -0.2) is 4.98 Å². The summed E-state index contributed by atoms with van der Waals surface area (Å²) in [5, 5.41) is 5.84. The maximum atomic E-state index is 11.6. The number of ether oxygens (including phenoxy) is 1. The molecule has 1 amide bonds. The summed E-state index contributed by atoms with van der Waals surface area (Å²) in [6, 6.07) is 7.65. The van der Waals surface area contributed by atoms with Crippen molar-refractivity contribution in [2.75, 3.05) is 18.5 Å². The normalized spacial score (nSPS) is 10.4. The molecule has 0 aliphatic rings. The van der Waals surface area contributed by atoms with Gasteiger partial charge in [0, 0.05) is 23.2 Å². The van der Waals surface area contributed by atoms with Crippen molar-refractivity contribution in [2.24, 2.45) is 0 Å². The molecule has 100 valence electrons. The Morgan fingerprint density at radius 3 is 3.00 bits per heavy atom. The van der Waals surface area contributed by atoms with Crippen LogP contribution in [0.5, 0.6) is 0 Å². The average Bonchev–Trinajstić information content (AvgIpc) is 2.83. The van der Waals surface area contributed by atoms with Gasteiger partial charge in [0.1, 0.15) is 6.61 Å². The molecular weight excluding hydrogens is 260 g/mol. The van der Waals surface area contributed by atoms with Gasteiger partial charge in [0.25, 0.3) is 0 Å². The molecule has 2 rings (SSSR count). The molecule has 0 aliphatic carbocycles. The molecule has 0 unspecified atom stereocenters. The van der Waals surface area contributed by atoms with Crippen molar-refractivity contribution in [3.63, 3.8) is 0 Å². The molecule has 0 fully saturated rings. The molecule has 5 heteroatoms. The topological polar surface area (TPSA) is 51.2 Å². The molecule has 0 aliphatic heterocycles. The van der Waals surface area contributed by atoms with E-state index in [4.69, 9.17) is 4.74 Å². The second-order valence-electron chi connectivity index (χ2n) is 4.02. The molecule has 1 N–H and O–H groups in total. The highest BCUT2D eigenvalue weighted by atomic mass is 32.1. The third-order valence-corrected chi connectivity index (χ3v) is 3.27. The van der Waals surface area contributed by atoms with Crippen molar-refractivity contribution in [3.05, 3.63) is 34.7 Å². The van der Waals surface area contributed by atoms with E-state index in [2.05, 4.69) is 10.3 Å². The first kappa shape index (κ1) is 13.7. The molecule has 0 atom stereocenters. The Morgan fingerprint density at radius 2 is 2.32 bits per heavy atom. The van der Waals surface area contributed by atoms with E-state index in [9.17, 15) is 4.79 Å². The van der Waals surface area contributed by atoms with E-state index in [1.54, 1.807) is 11.3 Å². The minimum Gasteiger partial charge on any atom is -0.372 e. The molecule has 1 aromatic carbocycles. The van der Waals surface area contributed by atoms with Crippen molar-refractivity contribution in [1.29, 1.82) is 0 Å². The molecule has 0 saturated carbocycles. The van der Waals surface area contributed by atoms with Crippen LogP contribution in [0.25, 0.3) is 11.3 Å². The second kappa shape index (κ2) is 6.45. The Hall–Kier alpha value is -1.72. The molecule has 0 bridgehead atoms. The first-order valence-electron chi connectivity index (χ1n) is 6.09. The van der Waals surface area contributed by atoms with Crippen LogP contribution in [0.3, 0.4) is 0 Å². The van der Waals surface area contributed by atoms with Gasteiger partial charge in [-0.1, -0.05) is 12.1 Å². The first-order valence-corrected chi connectivity index (χ1v) is 6.97. The summed E-state index contributed by atoms with van der Waals surface area (Å²) in [5.41, 5.74) is 2.69. The lowest BCUT2D eigenvalue weighted by molar-refractivity contribution is -0.120. The van der Waals surface area contributed by atoms with E-state index in [1.165, 1.54) is 0 Å². The van der Waals surface area contributed by atoms with E-state index < -0.39 is 0 Å². The van der Waals surface area contributed by atoms with E-state index in [-0.39, 0.29) is 12.5 Å². The number of hydrogen-bond acceptors (Lipinski definition) is 4. The van der Waals surface area contributed by atoms with Crippen LogP contribution in [0.1, 0.15) is 11.9 Å². The van der Waals surface area contributed by atoms with Gasteiger partial charge in [0.05, 0.1) is 10.7 Å². The summed E-state index contributed by atoms with van der Waals surface area (Å²) in [6.45, 7) is 4.45. The van der Waals surface area contributed by atoms with E-state index in [0.717, 1.165) is 22.0 Å². The van der Waals surface area contributed by atoms with E-state index in [1.807, 2.05) is 43.5 Å². The molecule has 2 aromatic rings. The maximum Gasteiger partial charge on any atom is 0.250 e. The highest BCUT2D eigenvalue weighted by Gasteiger charge is 2.05. The third-order valence-electron chi connectivity index (χ3n) is 2.50. The summed E-state index contributed by atoms with van der Waals surface area (Å²) < 4.78 is 5.06. The summed E-state index contributed by atoms with van der Waals surface area (Å²) >= 11 is 1.61. The molecule has 1 heterocycles. The summed E-state index contributed by atoms with van der Waals surface area (Å²) in [4.78, 5) is 16.0. The number of nitrogens with one attached hydrogen (secondary N) is 1. The van der Waals surface area contributed by atoms with Gasteiger partial charge in [0.2, 0.25) is 5.91 Å². The van der Waals surface area contributed by atoms with Gasteiger partial charge in [-0.3, -0.25) is 4.79 Å². The zero-order valence-corrected chi connectivity index (χ0v) is 11.8. The molecule has 0 spiro atoms. The Kier molecular flexibility index (Phi) is 4.65. The van der Waals surface area contributed by atoms with Crippen LogP contribution in [0.2, 0.25) is 0 Å². The summed E-state index contributed by atoms with van der Waals surface area (Å²) in [7, 11) is 0. The Balaban J connectivity index is 2.09. The Morgan fingerprint density at radius 1 is 1.47 bits per heavy atom. The van der Waals surface area contributed by atoms with Gasteiger partial charge >= 0.3 is 0 Å². The summed E-state index contributed by atoms with van der Waals surface area (Å²) in [5.74, 6) is -0.145. The van der Waals surface area contributed by atoms with Crippen LogP contribution in [-0.4, -0.2) is 24.1 Å². The van der Waals surface area contributed by atoms with Crippen LogP contribution < -0.4 is 5.32 Å². The Labute approximate surface area is 116 Å². The van der Waals surface area contributed by atoms with Gasteiger partial charge in [-0.15, -0.1) is 11.3 Å². The summed E-state index contributed by atoms with van der Waals surface area (Å²) in [6.07, 6.45) is 0. The zero-order valence-electron chi connectivity index (χ0n) is 11.0. The van der Waals surface area contributed by atoms with Crippen molar-refractivity contribution < 1.29 is 9.53 Å². The standard InChI is InChI=1S/C14H16N2O2S/c1-3-18-8-14(17)16-12-6-4-5-11(7-12)13-9-19-10(2)15-13/h4-7,9H,3,8H2,1-2H3,(H,16,17). The number of anilines is 1. The van der Waals surface area contributed by atoms with Gasteiger partial charge in [-0.05, 0) is 26.0 Å². The quantitative estimate of drug-likeness (QED) is 0.913. The van der Waals surface area contributed by atoms with Crippen LogP contribution >= 0.6 is 11.3 Å². The number of carbonyl (C=O) groups is 1. The van der Waals surface area contributed by atoms with Gasteiger partial charge < -0.3 is 10.1 Å². The minimum atomic E-state index is -0.145. The molecular formula is C14H16N2O2S. The Bertz CT molecular complexity index is 566. The highest BCUT2D eigenvalue weighted by molar-refractivity contribution is 7.09. The lowest BCUT2D eigenvalue weighted by Gasteiger charge is -2.06. The van der Waals surface area contributed by atoms with Crippen LogP contribution in [0, 0.1) is 6.92 Å². The number of amides is 1. The van der Waals surface area contributed by atoms with Crippen molar-refractivity contribution in [1.82, 2.24) is 4.98 Å². The SMILES string of the molecule is CCOCC(=O)Nc1cccc(-c2csc(C)n2)c1. The number of aromatic nitrogens is 1. The number of rotatable bonds is 5. The largest absolute Gasteiger partial charge is 0.372 e. The smallest absolute Gasteiger partial charge is 0.250 e. The number of hydrogen-bond donors (Lipinski definition) is 1. The molecule has 4 nitrogen and oxygen atoms in total. The number of aryl methyl sites for hydroxylation is 1. The minimum absolute atomic E-state index is 0.0799. The predicted octanol–water partition coefficient (Wildman–Crippen LogP) is 3.09. The highest BCUT2D eigenvalue weighted by Crippen LogP contribution is 2.24. The van der Waals surface area contributed by atoms with Crippen LogP contribution in [0.15, 0.2) is 29.6 Å². The monoisotopic (exact) mass is 276 g/mol. The average molecular weight is 276 g/mol. The lowest BCUT2D eigenvalue weighted by atomic mass is 10.1. The van der Waals surface area contributed by atoms with Crippen molar-refractivity contribution in [2.45, 2.75) is 13.8 Å². The first-order chi connectivity index (χ1) is 9.19. The van der Waals surface area contributed by atoms with Crippen LogP contribution in [0.4, 0.5) is 5.69 Å². The van der Waals surface area contributed by atoms with E-state index in [0.29, 0.717) is 6.61 Å². The van der Waals surface area contributed by atoms with Gasteiger partial charge in [0.15, 0.2) is 0 Å². The lowest BCUT2D eigenvalue weighted by Crippen LogP contribution is -2.18. The number of carbonyl (C=O) groups excluding carboxylic acids is 1. The fourth-order valence-electron chi connectivity index (χ4n) is 1.64. The van der Waals surface area contributed by atoms with E-state index >= 15 is 0 Å².